The van der Waals surface area contributed by atoms with Crippen LogP contribution in [0.2, 0.25) is 0 Å². The van der Waals surface area contributed by atoms with Crippen molar-refractivity contribution in [3.8, 4) is 5.75 Å². The van der Waals surface area contributed by atoms with Crippen LogP contribution in [-0.4, -0.2) is 148 Å². The number of carbonyl (C=O) groups excluding carboxylic acids is 4. The van der Waals surface area contributed by atoms with Crippen molar-refractivity contribution in [2.75, 3.05) is 60.5 Å². The third-order valence-electron chi connectivity index (χ3n) is 11.4. The number of aliphatic hydroxyl groups is 3. The molecule has 2 aliphatic heterocycles. The maximum absolute atomic E-state index is 13.6. The summed E-state index contributed by atoms with van der Waals surface area (Å²) in [6.45, 7) is 13.2. The molecule has 21 nitrogen and oxygen atoms in total. The van der Waals surface area contributed by atoms with E-state index in [1.54, 1.807) is 6.92 Å². The topological polar surface area (TPSA) is 297 Å². The number of rotatable bonds is 29. The summed E-state index contributed by atoms with van der Waals surface area (Å²) >= 11 is 0. The summed E-state index contributed by atoms with van der Waals surface area (Å²) in [5.41, 5.74) is 5.30. The molecule has 11 atom stereocenters. The molecular weight excluding hydrogens is 1030 g/mol. The number of nitrogens with one attached hydrogen (secondary N) is 1. The Bertz CT molecular complexity index is 1820. The van der Waals surface area contributed by atoms with E-state index in [0.717, 1.165) is 52.1 Å². The van der Waals surface area contributed by atoms with Crippen LogP contribution in [0.15, 0.2) is 0 Å². The minimum atomic E-state index is -3.75. The summed E-state index contributed by atoms with van der Waals surface area (Å²) in [6, 6.07) is 0. The van der Waals surface area contributed by atoms with Crippen molar-refractivity contribution in [2.24, 2.45) is 23.5 Å². The predicted octanol–water partition coefficient (Wildman–Crippen LogP) is 6.01. The second-order valence-electron chi connectivity index (χ2n) is 17.2. The van der Waals surface area contributed by atoms with E-state index in [1.165, 1.54) is 21.0 Å². The molecule has 2 aliphatic rings. The average Bonchev–Trinajstić information content (AvgIpc) is 3.38. The molecule has 0 bridgehead atoms. The molecule has 1 aromatic rings. The monoisotopic (exact) mass is 1120 g/mol. The van der Waals surface area contributed by atoms with Gasteiger partial charge in [0.05, 0.1) is 19.3 Å². The molecule has 2 heterocycles. The highest BCUT2D eigenvalue weighted by Crippen LogP contribution is 2.42. The van der Waals surface area contributed by atoms with Gasteiger partial charge >= 0.3 is 25.7 Å². The van der Waals surface area contributed by atoms with E-state index in [0.29, 0.717) is 32.4 Å². The van der Waals surface area contributed by atoms with Crippen LogP contribution in [0.4, 0.5) is 22.0 Å². The van der Waals surface area contributed by atoms with Gasteiger partial charge in [0.1, 0.15) is 37.8 Å². The lowest BCUT2D eigenvalue weighted by atomic mass is 9.84. The highest BCUT2D eigenvalue weighted by molar-refractivity contribution is 7.47. The smallest absolute Gasteiger partial charge is 0.463 e. The molecule has 75 heavy (non-hydrogen) atoms. The third kappa shape index (κ3) is 27.6. The van der Waals surface area contributed by atoms with Gasteiger partial charge in [-0.05, 0) is 45.1 Å². The molecular formula is C48H82F5N2O19P. The number of esters is 3. The molecule has 2 fully saturated rings. The van der Waals surface area contributed by atoms with Crippen molar-refractivity contribution < 1.29 is 113 Å². The highest BCUT2D eigenvalue weighted by atomic mass is 31.2. The average molecular weight is 1120 g/mol. The van der Waals surface area contributed by atoms with E-state index in [2.05, 4.69) is 19.1 Å². The van der Waals surface area contributed by atoms with Crippen LogP contribution in [0.3, 0.4) is 0 Å². The number of benzene rings is 1. The fourth-order valence-electron chi connectivity index (χ4n) is 6.99. The quantitative estimate of drug-likeness (QED) is 0.00782. The predicted molar refractivity (Wildman–Crippen MR) is 258 cm³/mol. The number of nitrogens with two attached hydrogens (primary N) is 1. The summed E-state index contributed by atoms with van der Waals surface area (Å²) in [4.78, 5) is 54.7. The van der Waals surface area contributed by atoms with E-state index in [-0.39, 0.29) is 69.7 Å². The second-order valence-corrected chi connectivity index (χ2v) is 18.7. The number of hydrogen-bond acceptors (Lipinski definition) is 19. The Morgan fingerprint density at radius 2 is 1.19 bits per heavy atom. The number of aliphatic hydroxyl groups excluding tert-OH is 3. The fourth-order valence-corrected chi connectivity index (χ4v) is 7.46. The molecule has 0 saturated carbocycles. The number of ether oxygens (including phenoxy) is 8. The van der Waals surface area contributed by atoms with Crippen LogP contribution < -0.4 is 15.8 Å². The van der Waals surface area contributed by atoms with Crippen LogP contribution >= 0.6 is 7.82 Å². The molecule has 1 aromatic carbocycles. The summed E-state index contributed by atoms with van der Waals surface area (Å²) in [5.74, 6) is -15.8. The number of hydrogen-bond donors (Lipinski definition) is 6. The zero-order valence-electron chi connectivity index (χ0n) is 44.5. The van der Waals surface area contributed by atoms with Crippen LogP contribution in [-0.2, 0) is 65.9 Å². The first-order valence-corrected chi connectivity index (χ1v) is 26.5. The summed E-state index contributed by atoms with van der Waals surface area (Å²) in [5, 5.41) is 31.4. The largest absolute Gasteiger partial charge is 0.471 e. The number of unbranched alkanes of at least 4 members (excludes halogenated alkanes) is 7. The molecule has 1 amide bonds. The molecule has 3 rings (SSSR count). The molecule has 0 radical (unpaired) electrons. The number of carbonyl (C=O) groups is 4. The second kappa shape index (κ2) is 39.8. The van der Waals surface area contributed by atoms with Gasteiger partial charge < -0.3 is 69.2 Å². The van der Waals surface area contributed by atoms with Gasteiger partial charge in [0.25, 0.3) is 0 Å². The van der Waals surface area contributed by atoms with Gasteiger partial charge in [-0.1, -0.05) is 60.3 Å². The zero-order chi connectivity index (χ0) is 57.3. The van der Waals surface area contributed by atoms with Gasteiger partial charge in [-0.3, -0.25) is 28.2 Å². The van der Waals surface area contributed by atoms with Gasteiger partial charge in [0, 0.05) is 71.9 Å². The highest BCUT2D eigenvalue weighted by Gasteiger charge is 2.45. The lowest BCUT2D eigenvalue weighted by Gasteiger charge is -2.43. The first-order chi connectivity index (χ1) is 35.5. The molecule has 0 aliphatic carbocycles. The van der Waals surface area contributed by atoms with Crippen molar-refractivity contribution in [1.29, 1.82) is 0 Å². The van der Waals surface area contributed by atoms with E-state index < -0.39 is 104 Å². The molecule has 2 saturated heterocycles. The van der Waals surface area contributed by atoms with Gasteiger partial charge in [-0.15, -0.1) is 0 Å². The van der Waals surface area contributed by atoms with E-state index >= 15 is 0 Å². The van der Waals surface area contributed by atoms with E-state index in [1.807, 2.05) is 27.7 Å². The summed E-state index contributed by atoms with van der Waals surface area (Å²) in [7, 11) is -1.09. The molecule has 5 unspecified atom stereocenters. The molecule has 7 N–H and O–H groups in total. The van der Waals surface area contributed by atoms with Crippen molar-refractivity contribution in [3.05, 3.63) is 29.1 Å². The lowest BCUT2D eigenvalue weighted by Crippen LogP contribution is -2.55. The molecule has 27 heteroatoms. The van der Waals surface area contributed by atoms with Gasteiger partial charge in [-0.2, -0.15) is 8.78 Å². The number of methoxy groups -OCH3 is 1. The number of phosphoric ester groups is 1. The van der Waals surface area contributed by atoms with E-state index in [9.17, 15) is 55.9 Å². The SMILES string of the molecule is CC.CC(=O)OCC1O[C@@H](OCCCCCC(=O)Oc2c(F)c(F)c(F)c(F)c2F)C(C)[C@@H](C)[C@H]1OC(C)=O.COCNC(=O)CCCCCO[C@@H]1OC(CO)[C@H](O)[C@H](O)C1C.COP(=O)(O)OCCCCCCN. The summed E-state index contributed by atoms with van der Waals surface area (Å²) in [6.07, 6.45) is 1.56. The Balaban J connectivity index is 0.00000122. The Kier molecular flexibility index (Phi) is 37.9. The van der Waals surface area contributed by atoms with E-state index in [4.69, 9.17) is 48.9 Å². The molecule has 438 valence electrons. The first-order valence-electron chi connectivity index (χ1n) is 25.0. The van der Waals surface area contributed by atoms with Crippen molar-refractivity contribution >= 4 is 31.6 Å². The summed E-state index contributed by atoms with van der Waals surface area (Å²) < 4.78 is 129. The first kappa shape index (κ1) is 71.5. The van der Waals surface area contributed by atoms with Crippen LogP contribution in [0.1, 0.15) is 126 Å². The number of halogens is 5. The Morgan fingerprint density at radius 1 is 0.680 bits per heavy atom. The molecule has 0 aromatic heterocycles. The van der Waals surface area contributed by atoms with Crippen LogP contribution in [0.25, 0.3) is 0 Å². The minimum Gasteiger partial charge on any atom is -0.463 e. The zero-order valence-corrected chi connectivity index (χ0v) is 45.4. The van der Waals surface area contributed by atoms with Crippen LogP contribution in [0, 0.1) is 46.8 Å². The minimum absolute atomic E-state index is 0.0418. The maximum atomic E-state index is 13.6. The lowest BCUT2D eigenvalue weighted by molar-refractivity contribution is -0.282. The molecule has 0 spiro atoms. The Morgan fingerprint density at radius 3 is 1.71 bits per heavy atom. The Labute approximate surface area is 436 Å². The van der Waals surface area contributed by atoms with Crippen LogP contribution in [0.5, 0.6) is 5.75 Å². The van der Waals surface area contributed by atoms with Crippen molar-refractivity contribution in [2.45, 2.75) is 169 Å². The van der Waals surface area contributed by atoms with Gasteiger partial charge in [0.15, 0.2) is 12.6 Å². The Hall–Kier alpha value is -3.50. The fraction of sp³-hybridized carbons (Fsp3) is 0.792. The maximum Gasteiger partial charge on any atom is 0.471 e. The number of phosphoric acid groups is 1. The standard InChI is InChI=1S/C24H29F5O8.C15H29NO7.C7H18NO4P.C2H6/c1-11-12(2)24(36-15(10-34-13(3)30)22(11)35-14(4)31)33-9-7-5-6-8-16(32)37-23-20(28)18(26)17(25)19(27)21(23)29;1-10-13(19)14(20)11(8-17)23-15(10)22-7-5-3-4-6-12(18)16-9-21-2;1-11-13(9,10)12-7-5-3-2-4-6-8;1-2/h11-12,15,22,24H,5-10H2,1-4H3;10-11,13-15,17,19-20H,3-9H2,1-2H3,(H,16,18);2-8H2,1H3,(H,9,10);1-2H3/t11-,12?,15?,22-,24-;10?,11?,13-,14+,15-;;/m11../s1. The normalized spacial score (nSPS) is 23.9. The van der Waals surface area contributed by atoms with Crippen molar-refractivity contribution in [3.63, 3.8) is 0 Å². The number of amides is 1. The van der Waals surface area contributed by atoms with Gasteiger partial charge in [-0.25, -0.2) is 17.7 Å². The van der Waals surface area contributed by atoms with Crippen molar-refractivity contribution in [1.82, 2.24) is 5.32 Å². The third-order valence-corrected chi connectivity index (χ3v) is 12.4. The van der Waals surface area contributed by atoms with Gasteiger partial charge in [0.2, 0.25) is 40.7 Å².